The van der Waals surface area contributed by atoms with Gasteiger partial charge in [0, 0.05) is 6.08 Å². The highest BCUT2D eigenvalue weighted by atomic mass is 16.1. The molecular formula is C12H22NO. The van der Waals surface area contributed by atoms with Crippen molar-refractivity contribution in [1.29, 1.82) is 0 Å². The van der Waals surface area contributed by atoms with Crippen molar-refractivity contribution < 1.29 is 4.79 Å². The monoisotopic (exact) mass is 196 g/mol. The highest BCUT2D eigenvalue weighted by Crippen LogP contribution is 2.08. The van der Waals surface area contributed by atoms with Crippen LogP contribution in [0.2, 0.25) is 0 Å². The van der Waals surface area contributed by atoms with Crippen LogP contribution in [0.4, 0.5) is 0 Å². The van der Waals surface area contributed by atoms with Gasteiger partial charge in [0.05, 0.1) is 0 Å². The molecule has 0 heterocycles. The summed E-state index contributed by atoms with van der Waals surface area (Å²) in [6.07, 6.45) is 13.2. The van der Waals surface area contributed by atoms with E-state index in [4.69, 9.17) is 5.73 Å². The Morgan fingerprint density at radius 1 is 1.07 bits per heavy atom. The first-order valence-electron chi connectivity index (χ1n) is 5.69. The number of unbranched alkanes of at least 4 members (excludes halogenated alkanes) is 7. The predicted molar refractivity (Wildman–Crippen MR) is 59.9 cm³/mol. The molecule has 0 aliphatic rings. The second-order valence-corrected chi connectivity index (χ2v) is 3.68. The van der Waals surface area contributed by atoms with Gasteiger partial charge in [-0.3, -0.25) is 10.5 Å². The molecule has 0 unspecified atom stereocenters. The number of hydrogen-bond donors (Lipinski definition) is 0. The molecule has 1 radical (unpaired) electrons. The van der Waals surface area contributed by atoms with Crippen molar-refractivity contribution in [2.24, 2.45) is 0 Å². The lowest BCUT2D eigenvalue weighted by Crippen LogP contribution is -1.89. The van der Waals surface area contributed by atoms with Gasteiger partial charge in [-0.15, -0.1) is 0 Å². The van der Waals surface area contributed by atoms with Crippen molar-refractivity contribution in [2.75, 3.05) is 0 Å². The highest BCUT2D eigenvalue weighted by Gasteiger charge is 1.89. The first-order chi connectivity index (χ1) is 6.77. The Balaban J connectivity index is 3.02. The van der Waals surface area contributed by atoms with Gasteiger partial charge in [-0.1, -0.05) is 51.5 Å². The van der Waals surface area contributed by atoms with Gasteiger partial charge < -0.3 is 0 Å². The maximum Gasteiger partial charge on any atom is 0.262 e. The Kier molecular flexibility index (Phi) is 9.71. The van der Waals surface area contributed by atoms with E-state index < -0.39 is 5.91 Å². The van der Waals surface area contributed by atoms with Crippen molar-refractivity contribution in [3.05, 3.63) is 12.2 Å². The van der Waals surface area contributed by atoms with E-state index >= 15 is 0 Å². The molecule has 0 spiro atoms. The SMILES string of the molecule is CCCCCCCCCC=CC([NH])=O. The van der Waals surface area contributed by atoms with Crippen LogP contribution < -0.4 is 5.73 Å². The van der Waals surface area contributed by atoms with E-state index in [0.29, 0.717) is 0 Å². The van der Waals surface area contributed by atoms with Gasteiger partial charge in [-0.05, 0) is 12.8 Å². The molecule has 0 rings (SSSR count). The van der Waals surface area contributed by atoms with Crippen molar-refractivity contribution in [3.63, 3.8) is 0 Å². The molecule has 0 fully saturated rings. The van der Waals surface area contributed by atoms with Crippen LogP contribution in [0.15, 0.2) is 12.2 Å². The van der Waals surface area contributed by atoms with Crippen LogP contribution >= 0.6 is 0 Å². The first-order valence-corrected chi connectivity index (χ1v) is 5.69. The number of carbonyl (C=O) groups is 1. The molecule has 0 aromatic rings. The highest BCUT2D eigenvalue weighted by molar-refractivity contribution is 5.84. The van der Waals surface area contributed by atoms with Gasteiger partial charge in [-0.2, -0.15) is 0 Å². The summed E-state index contributed by atoms with van der Waals surface area (Å²) in [5.41, 5.74) is 6.64. The van der Waals surface area contributed by atoms with Gasteiger partial charge in [0.1, 0.15) is 0 Å². The summed E-state index contributed by atoms with van der Waals surface area (Å²) in [5, 5.41) is 0. The Morgan fingerprint density at radius 2 is 1.64 bits per heavy atom. The van der Waals surface area contributed by atoms with Gasteiger partial charge in [0.15, 0.2) is 0 Å². The molecule has 0 saturated carbocycles. The minimum Gasteiger partial charge on any atom is -0.268 e. The van der Waals surface area contributed by atoms with Crippen molar-refractivity contribution in [3.8, 4) is 0 Å². The maximum absolute atomic E-state index is 10.2. The fraction of sp³-hybridized carbons (Fsp3) is 0.750. The second-order valence-electron chi connectivity index (χ2n) is 3.68. The van der Waals surface area contributed by atoms with Crippen LogP contribution in [0.1, 0.15) is 58.3 Å². The Bertz CT molecular complexity index is 164. The first kappa shape index (κ1) is 13.2. The van der Waals surface area contributed by atoms with Gasteiger partial charge in [0.25, 0.3) is 5.91 Å². The molecule has 2 nitrogen and oxygen atoms in total. The quantitative estimate of drug-likeness (QED) is 0.411. The maximum atomic E-state index is 10.2. The molecule has 0 bridgehead atoms. The lowest BCUT2D eigenvalue weighted by atomic mass is 10.1. The van der Waals surface area contributed by atoms with Crippen LogP contribution in [-0.2, 0) is 4.79 Å². The minimum atomic E-state index is -0.590. The fourth-order valence-electron chi connectivity index (χ4n) is 1.41. The summed E-state index contributed by atoms with van der Waals surface area (Å²) in [4.78, 5) is 10.2. The van der Waals surface area contributed by atoms with E-state index in [1.54, 1.807) is 6.08 Å². The molecule has 0 aliphatic heterocycles. The molecule has 0 aliphatic carbocycles. The molecule has 14 heavy (non-hydrogen) atoms. The van der Waals surface area contributed by atoms with E-state index in [1.165, 1.54) is 44.6 Å². The van der Waals surface area contributed by atoms with E-state index in [0.717, 1.165) is 12.8 Å². The number of carbonyl (C=O) groups excluding carboxylic acids is 1. The summed E-state index contributed by atoms with van der Waals surface area (Å²) < 4.78 is 0. The zero-order valence-electron chi connectivity index (χ0n) is 9.22. The topological polar surface area (TPSA) is 40.9 Å². The summed E-state index contributed by atoms with van der Waals surface area (Å²) in [7, 11) is 0. The van der Waals surface area contributed by atoms with Crippen LogP contribution in [0, 0.1) is 0 Å². The summed E-state index contributed by atoms with van der Waals surface area (Å²) in [6, 6.07) is 0. The smallest absolute Gasteiger partial charge is 0.262 e. The van der Waals surface area contributed by atoms with Crippen LogP contribution in [0.3, 0.4) is 0 Å². The second kappa shape index (κ2) is 10.3. The van der Waals surface area contributed by atoms with E-state index in [1.807, 2.05) is 0 Å². The van der Waals surface area contributed by atoms with Crippen LogP contribution in [0.25, 0.3) is 0 Å². The lowest BCUT2D eigenvalue weighted by Gasteiger charge is -1.98. The number of allylic oxidation sites excluding steroid dienone is 1. The van der Waals surface area contributed by atoms with Crippen LogP contribution in [0.5, 0.6) is 0 Å². The molecule has 0 atom stereocenters. The minimum absolute atomic E-state index is 0.590. The molecule has 0 aromatic heterocycles. The zero-order valence-corrected chi connectivity index (χ0v) is 9.22. The molecule has 81 valence electrons. The number of rotatable bonds is 9. The Morgan fingerprint density at radius 3 is 2.21 bits per heavy atom. The third kappa shape index (κ3) is 11.2. The number of amides is 1. The van der Waals surface area contributed by atoms with Crippen molar-refractivity contribution >= 4 is 5.91 Å². The normalized spacial score (nSPS) is 10.9. The lowest BCUT2D eigenvalue weighted by molar-refractivity contribution is -0.114. The average molecular weight is 196 g/mol. The molecule has 1 N–H and O–H groups in total. The molecule has 0 saturated heterocycles. The molecule has 2 heteroatoms. The predicted octanol–water partition coefficient (Wildman–Crippen LogP) is 3.49. The van der Waals surface area contributed by atoms with Crippen molar-refractivity contribution in [1.82, 2.24) is 5.73 Å². The summed E-state index contributed by atoms with van der Waals surface area (Å²) in [5.74, 6) is -0.590. The largest absolute Gasteiger partial charge is 0.268 e. The Labute approximate surface area is 87.6 Å². The Hall–Kier alpha value is -0.790. The van der Waals surface area contributed by atoms with Crippen LogP contribution in [-0.4, -0.2) is 5.91 Å². The number of hydrogen-bond acceptors (Lipinski definition) is 1. The summed E-state index contributed by atoms with van der Waals surface area (Å²) in [6.45, 7) is 2.22. The standard InChI is InChI=1S/C12H22NO/c1-2-3-4-5-6-7-8-9-10-11-12(13)14/h10-11,13H,2-9H2,1H3. The van der Waals surface area contributed by atoms with E-state index in [2.05, 4.69) is 6.92 Å². The molecular weight excluding hydrogens is 174 g/mol. The summed E-state index contributed by atoms with van der Waals surface area (Å²) >= 11 is 0. The number of nitrogens with one attached hydrogen (secondary N) is 1. The average Bonchev–Trinajstić information content (AvgIpc) is 2.15. The molecule has 1 amide bonds. The van der Waals surface area contributed by atoms with Crippen molar-refractivity contribution in [2.45, 2.75) is 58.3 Å². The zero-order chi connectivity index (χ0) is 10.6. The van der Waals surface area contributed by atoms with E-state index in [-0.39, 0.29) is 0 Å². The third-order valence-electron chi connectivity index (χ3n) is 2.24. The fourth-order valence-corrected chi connectivity index (χ4v) is 1.41. The molecule has 0 aromatic carbocycles. The van der Waals surface area contributed by atoms with Gasteiger partial charge in [0.2, 0.25) is 0 Å². The van der Waals surface area contributed by atoms with Gasteiger partial charge in [-0.25, -0.2) is 0 Å². The third-order valence-corrected chi connectivity index (χ3v) is 2.24. The van der Waals surface area contributed by atoms with E-state index in [9.17, 15) is 4.79 Å². The van der Waals surface area contributed by atoms with Gasteiger partial charge >= 0.3 is 0 Å².